The fraction of sp³-hybridized carbons (Fsp3) is 0.625. The van der Waals surface area contributed by atoms with Gasteiger partial charge in [0.05, 0.1) is 0 Å². The van der Waals surface area contributed by atoms with E-state index in [1.54, 1.807) is 0 Å². The van der Waals surface area contributed by atoms with Crippen LogP contribution in [0.5, 0.6) is 0 Å². The van der Waals surface area contributed by atoms with Crippen molar-refractivity contribution < 1.29 is 4.79 Å². The lowest BCUT2D eigenvalue weighted by Crippen LogP contribution is -2.14. The first kappa shape index (κ1) is 5.96. The molecule has 2 rings (SSSR count). The summed E-state index contributed by atoms with van der Waals surface area (Å²) in [5.41, 5.74) is 5.19. The van der Waals surface area contributed by atoms with E-state index in [0.29, 0.717) is 11.8 Å². The largest absolute Gasteiger partial charge is 0.369 e. The Labute approximate surface area is 60.1 Å². The van der Waals surface area contributed by atoms with Crippen molar-refractivity contribution >= 4 is 5.91 Å². The second-order valence-electron chi connectivity index (χ2n) is 3.20. The van der Waals surface area contributed by atoms with Crippen LogP contribution in [0.1, 0.15) is 12.8 Å². The fourth-order valence-electron chi connectivity index (χ4n) is 2.02. The van der Waals surface area contributed by atoms with Crippen molar-refractivity contribution in [1.29, 1.82) is 0 Å². The van der Waals surface area contributed by atoms with Crippen LogP contribution in [0.3, 0.4) is 0 Å². The lowest BCUT2D eigenvalue weighted by atomic mass is 10.1. The van der Waals surface area contributed by atoms with Crippen molar-refractivity contribution in [2.75, 3.05) is 0 Å². The summed E-state index contributed by atoms with van der Waals surface area (Å²) < 4.78 is 0. The van der Waals surface area contributed by atoms with E-state index in [-0.39, 0.29) is 11.8 Å². The molecule has 2 aliphatic carbocycles. The van der Waals surface area contributed by atoms with Crippen molar-refractivity contribution in [3.8, 4) is 0 Å². The third kappa shape index (κ3) is 0.681. The van der Waals surface area contributed by atoms with Crippen molar-refractivity contribution in [2.45, 2.75) is 12.8 Å². The maximum atomic E-state index is 10.7. The third-order valence-corrected chi connectivity index (χ3v) is 2.64. The van der Waals surface area contributed by atoms with E-state index in [1.165, 1.54) is 0 Å². The van der Waals surface area contributed by atoms with Gasteiger partial charge < -0.3 is 5.73 Å². The van der Waals surface area contributed by atoms with E-state index in [4.69, 9.17) is 5.73 Å². The number of rotatable bonds is 1. The maximum Gasteiger partial charge on any atom is 0.221 e. The molecule has 2 heteroatoms. The van der Waals surface area contributed by atoms with Gasteiger partial charge in [-0.05, 0) is 24.7 Å². The molecule has 0 spiro atoms. The van der Waals surface area contributed by atoms with Gasteiger partial charge in [-0.2, -0.15) is 0 Å². The third-order valence-electron chi connectivity index (χ3n) is 2.64. The Kier molecular flexibility index (Phi) is 1.10. The highest BCUT2D eigenvalue weighted by atomic mass is 16.1. The van der Waals surface area contributed by atoms with Crippen LogP contribution >= 0.6 is 0 Å². The quantitative estimate of drug-likeness (QED) is 0.531. The van der Waals surface area contributed by atoms with E-state index in [2.05, 4.69) is 12.2 Å². The minimum absolute atomic E-state index is 0.0984. The Balaban J connectivity index is 2.04. The Morgan fingerprint density at radius 1 is 1.30 bits per heavy atom. The summed E-state index contributed by atoms with van der Waals surface area (Å²) in [6.45, 7) is 0. The second-order valence-corrected chi connectivity index (χ2v) is 3.20. The molecule has 1 fully saturated rings. The normalized spacial score (nSPS) is 42.6. The Bertz CT molecular complexity index is 183. The molecular formula is C8H11NO. The molecule has 0 aromatic rings. The van der Waals surface area contributed by atoms with Crippen molar-refractivity contribution in [3.63, 3.8) is 0 Å². The van der Waals surface area contributed by atoms with Crippen LogP contribution in [0.15, 0.2) is 12.2 Å². The van der Waals surface area contributed by atoms with Crippen molar-refractivity contribution in [3.05, 3.63) is 12.2 Å². The van der Waals surface area contributed by atoms with E-state index in [9.17, 15) is 4.79 Å². The molecule has 0 aromatic carbocycles. The molecule has 0 radical (unpaired) electrons. The summed E-state index contributed by atoms with van der Waals surface area (Å²) in [6.07, 6.45) is 6.45. The summed E-state index contributed by atoms with van der Waals surface area (Å²) in [4.78, 5) is 10.7. The fourth-order valence-corrected chi connectivity index (χ4v) is 2.02. The number of allylic oxidation sites excluding steroid dienone is 2. The molecule has 0 saturated heterocycles. The van der Waals surface area contributed by atoms with E-state index in [0.717, 1.165) is 12.8 Å². The molecule has 2 aliphatic rings. The minimum Gasteiger partial charge on any atom is -0.369 e. The van der Waals surface area contributed by atoms with Gasteiger partial charge >= 0.3 is 0 Å². The minimum atomic E-state index is -0.0984. The summed E-state index contributed by atoms with van der Waals surface area (Å²) >= 11 is 0. The molecule has 54 valence electrons. The summed E-state index contributed by atoms with van der Waals surface area (Å²) in [7, 11) is 0. The smallest absolute Gasteiger partial charge is 0.221 e. The van der Waals surface area contributed by atoms with Crippen LogP contribution in [0.2, 0.25) is 0 Å². The zero-order valence-corrected chi connectivity index (χ0v) is 5.79. The van der Waals surface area contributed by atoms with Gasteiger partial charge in [-0.15, -0.1) is 0 Å². The van der Waals surface area contributed by atoms with Gasteiger partial charge in [0.2, 0.25) is 5.91 Å². The number of carbonyl (C=O) groups is 1. The standard InChI is InChI=1S/C8H11NO/c9-8(10)7-5-3-1-2-4-6(5)7/h1-2,5-7H,3-4H2,(H2,9,10). The van der Waals surface area contributed by atoms with Crippen molar-refractivity contribution in [1.82, 2.24) is 0 Å². The average molecular weight is 137 g/mol. The van der Waals surface area contributed by atoms with Crippen LogP contribution in [0.4, 0.5) is 0 Å². The molecule has 0 bridgehead atoms. The molecule has 1 amide bonds. The SMILES string of the molecule is NC(=O)C1C2CC=CCC21. The number of nitrogens with two attached hydrogens (primary N) is 1. The Morgan fingerprint density at radius 3 is 2.20 bits per heavy atom. The topological polar surface area (TPSA) is 43.1 Å². The first-order valence-electron chi connectivity index (χ1n) is 3.75. The molecule has 10 heavy (non-hydrogen) atoms. The second kappa shape index (κ2) is 1.84. The molecular weight excluding hydrogens is 126 g/mol. The summed E-state index contributed by atoms with van der Waals surface area (Å²) in [6, 6.07) is 0. The highest BCUT2D eigenvalue weighted by Crippen LogP contribution is 2.52. The lowest BCUT2D eigenvalue weighted by Gasteiger charge is -1.96. The van der Waals surface area contributed by atoms with Crippen LogP contribution in [-0.4, -0.2) is 5.91 Å². The molecule has 2 atom stereocenters. The molecule has 0 heterocycles. The van der Waals surface area contributed by atoms with Crippen molar-refractivity contribution in [2.24, 2.45) is 23.5 Å². The maximum absolute atomic E-state index is 10.7. The van der Waals surface area contributed by atoms with E-state index < -0.39 is 0 Å². The van der Waals surface area contributed by atoms with E-state index in [1.807, 2.05) is 0 Å². The first-order valence-corrected chi connectivity index (χ1v) is 3.75. The molecule has 0 aromatic heterocycles. The van der Waals surface area contributed by atoms with Crippen LogP contribution in [0, 0.1) is 17.8 Å². The predicted molar refractivity (Wildman–Crippen MR) is 38.0 cm³/mol. The number of hydrogen-bond donors (Lipinski definition) is 1. The van der Waals surface area contributed by atoms with Gasteiger partial charge in [0.25, 0.3) is 0 Å². The van der Waals surface area contributed by atoms with Gasteiger partial charge in [0, 0.05) is 5.92 Å². The number of carbonyl (C=O) groups excluding carboxylic acids is 1. The average Bonchev–Trinajstić information content (AvgIpc) is 2.60. The van der Waals surface area contributed by atoms with Gasteiger partial charge in [0.15, 0.2) is 0 Å². The molecule has 2 N–H and O–H groups in total. The summed E-state index contributed by atoms with van der Waals surface area (Å²) in [5, 5.41) is 0. The predicted octanol–water partition coefficient (Wildman–Crippen LogP) is 0.684. The highest BCUT2D eigenvalue weighted by Gasteiger charge is 2.52. The number of hydrogen-bond acceptors (Lipinski definition) is 1. The molecule has 2 unspecified atom stereocenters. The van der Waals surface area contributed by atoms with Crippen LogP contribution < -0.4 is 5.73 Å². The number of fused-ring (bicyclic) bond motifs is 1. The van der Waals surface area contributed by atoms with Gasteiger partial charge in [0.1, 0.15) is 0 Å². The molecule has 0 aliphatic heterocycles. The first-order chi connectivity index (χ1) is 4.80. The van der Waals surface area contributed by atoms with Gasteiger partial charge in [-0.3, -0.25) is 4.79 Å². The highest BCUT2D eigenvalue weighted by molar-refractivity contribution is 5.80. The zero-order chi connectivity index (χ0) is 7.14. The lowest BCUT2D eigenvalue weighted by molar-refractivity contribution is -0.119. The van der Waals surface area contributed by atoms with Gasteiger partial charge in [-0.1, -0.05) is 12.2 Å². The number of amides is 1. The monoisotopic (exact) mass is 137 g/mol. The van der Waals surface area contributed by atoms with Crippen LogP contribution in [0.25, 0.3) is 0 Å². The molecule has 1 saturated carbocycles. The molecule has 2 nitrogen and oxygen atoms in total. The number of primary amides is 1. The van der Waals surface area contributed by atoms with Gasteiger partial charge in [-0.25, -0.2) is 0 Å². The summed E-state index contributed by atoms with van der Waals surface area (Å²) in [5.74, 6) is 1.30. The Hall–Kier alpha value is -0.790. The van der Waals surface area contributed by atoms with E-state index >= 15 is 0 Å². The Morgan fingerprint density at radius 2 is 1.80 bits per heavy atom. The zero-order valence-electron chi connectivity index (χ0n) is 5.79. The van der Waals surface area contributed by atoms with Crippen LogP contribution in [-0.2, 0) is 4.79 Å².